The van der Waals surface area contributed by atoms with E-state index in [2.05, 4.69) is 9.46 Å². The monoisotopic (exact) mass is 279 g/mol. The molecule has 0 saturated heterocycles. The van der Waals surface area contributed by atoms with Crippen molar-refractivity contribution < 1.29 is 23.1 Å². The zero-order valence-corrected chi connectivity index (χ0v) is 11.8. The molecule has 6 nitrogen and oxygen atoms in total. The molecular formula is C11H21NO5S. The second-order valence-electron chi connectivity index (χ2n) is 5.29. The van der Waals surface area contributed by atoms with Crippen LogP contribution in [0, 0.1) is 5.92 Å². The number of rotatable bonds is 5. The summed E-state index contributed by atoms with van der Waals surface area (Å²) in [4.78, 5) is 11.5. The summed E-state index contributed by atoms with van der Waals surface area (Å²) >= 11 is 0. The van der Waals surface area contributed by atoms with Gasteiger partial charge in [-0.05, 0) is 26.7 Å². The Bertz CT molecular complexity index is 404. The zero-order valence-electron chi connectivity index (χ0n) is 11.0. The Balaban J connectivity index is 2.88. The van der Waals surface area contributed by atoms with E-state index in [9.17, 15) is 13.2 Å². The second kappa shape index (κ2) is 5.54. The summed E-state index contributed by atoms with van der Waals surface area (Å²) in [6, 6.07) is 0. The third-order valence-electron chi connectivity index (χ3n) is 3.17. The van der Waals surface area contributed by atoms with E-state index in [1.165, 1.54) is 7.11 Å². The highest BCUT2D eigenvalue weighted by atomic mass is 32.2. The van der Waals surface area contributed by atoms with Gasteiger partial charge < -0.3 is 9.84 Å². The van der Waals surface area contributed by atoms with Crippen LogP contribution in [-0.4, -0.2) is 44.0 Å². The molecule has 0 bridgehead atoms. The Morgan fingerprint density at radius 1 is 1.44 bits per heavy atom. The largest absolute Gasteiger partial charge is 0.469 e. The Labute approximate surface area is 108 Å². The van der Waals surface area contributed by atoms with Gasteiger partial charge in [0.25, 0.3) is 0 Å². The molecule has 0 aliphatic heterocycles. The molecular weight excluding hydrogens is 258 g/mol. The van der Waals surface area contributed by atoms with Gasteiger partial charge in [-0.1, -0.05) is 6.42 Å². The van der Waals surface area contributed by atoms with Crippen molar-refractivity contribution >= 4 is 16.0 Å². The quantitative estimate of drug-likeness (QED) is 0.692. The minimum absolute atomic E-state index is 0.304. The second-order valence-corrected chi connectivity index (χ2v) is 7.19. The molecule has 2 unspecified atom stereocenters. The van der Waals surface area contributed by atoms with E-state index >= 15 is 0 Å². The van der Waals surface area contributed by atoms with Crippen LogP contribution in [0.2, 0.25) is 0 Å². The van der Waals surface area contributed by atoms with Gasteiger partial charge >= 0.3 is 5.97 Å². The van der Waals surface area contributed by atoms with Crippen LogP contribution in [0.5, 0.6) is 0 Å². The first kappa shape index (κ1) is 15.4. The number of aliphatic hydroxyl groups is 1. The van der Waals surface area contributed by atoms with Crippen LogP contribution in [0.15, 0.2) is 0 Å². The summed E-state index contributed by atoms with van der Waals surface area (Å²) in [5.41, 5.74) is -0.928. The lowest BCUT2D eigenvalue weighted by molar-refractivity contribution is -0.145. The van der Waals surface area contributed by atoms with Crippen LogP contribution in [0.3, 0.4) is 0 Å². The van der Waals surface area contributed by atoms with Crippen LogP contribution >= 0.6 is 0 Å². The molecule has 0 aromatic heterocycles. The lowest BCUT2D eigenvalue weighted by Gasteiger charge is -2.27. The highest BCUT2D eigenvalue weighted by Gasteiger charge is 2.43. The van der Waals surface area contributed by atoms with Gasteiger partial charge in [0.1, 0.15) is 0 Å². The average molecular weight is 279 g/mol. The average Bonchev–Trinajstić information content (AvgIpc) is 2.76. The maximum absolute atomic E-state index is 12.2. The molecule has 1 aliphatic carbocycles. The molecule has 1 rings (SSSR count). The molecule has 2 atom stereocenters. The molecule has 106 valence electrons. The summed E-state index contributed by atoms with van der Waals surface area (Å²) in [6.45, 7) is 2.88. The summed E-state index contributed by atoms with van der Waals surface area (Å²) < 4.78 is 31.5. The third-order valence-corrected chi connectivity index (χ3v) is 5.37. The van der Waals surface area contributed by atoms with Crippen LogP contribution in [0.1, 0.15) is 33.1 Å². The van der Waals surface area contributed by atoms with Crippen molar-refractivity contribution in [2.24, 2.45) is 5.92 Å². The van der Waals surface area contributed by atoms with Gasteiger partial charge in [-0.2, -0.15) is 0 Å². The fourth-order valence-corrected chi connectivity index (χ4v) is 4.35. The Morgan fingerprint density at radius 3 is 2.56 bits per heavy atom. The summed E-state index contributed by atoms with van der Waals surface area (Å²) in [5.74, 6) is -1.09. The number of methoxy groups -OCH3 is 1. The van der Waals surface area contributed by atoms with Gasteiger partial charge in [0.2, 0.25) is 10.0 Å². The molecule has 1 saturated carbocycles. The maximum atomic E-state index is 12.2. The van der Waals surface area contributed by atoms with Crippen LogP contribution in [0.4, 0.5) is 0 Å². The first-order chi connectivity index (χ1) is 8.23. The number of aliphatic hydroxyl groups excluding tert-OH is 1. The van der Waals surface area contributed by atoms with Crippen molar-refractivity contribution in [1.82, 2.24) is 4.72 Å². The van der Waals surface area contributed by atoms with Crippen LogP contribution in [-0.2, 0) is 19.6 Å². The molecule has 18 heavy (non-hydrogen) atoms. The summed E-state index contributed by atoms with van der Waals surface area (Å²) in [5, 5.41) is 8.34. The number of sulfonamides is 1. The molecule has 0 aromatic rings. The molecule has 1 fully saturated rings. The topological polar surface area (TPSA) is 92.7 Å². The van der Waals surface area contributed by atoms with Crippen LogP contribution in [0.25, 0.3) is 0 Å². The van der Waals surface area contributed by atoms with E-state index in [0.717, 1.165) is 0 Å². The normalized spacial score (nSPS) is 25.1. The maximum Gasteiger partial charge on any atom is 0.310 e. The van der Waals surface area contributed by atoms with Crippen molar-refractivity contribution in [3.63, 3.8) is 0 Å². The van der Waals surface area contributed by atoms with E-state index in [1.807, 2.05) is 0 Å². The van der Waals surface area contributed by atoms with Gasteiger partial charge in [-0.15, -0.1) is 0 Å². The molecule has 2 N–H and O–H groups in total. The first-order valence-electron chi connectivity index (χ1n) is 5.95. The standard InChI is InChI=1S/C11H21NO5S/c1-11(2,7-13)12-18(15,16)9-6-4-5-8(9)10(14)17-3/h8-9,12-13H,4-7H2,1-3H3. The number of nitrogens with one attached hydrogen (secondary N) is 1. The SMILES string of the molecule is COC(=O)C1CCCC1S(=O)(=O)NC(C)(C)CO. The fraction of sp³-hybridized carbons (Fsp3) is 0.909. The van der Waals surface area contributed by atoms with Gasteiger partial charge in [0, 0.05) is 0 Å². The summed E-state index contributed by atoms with van der Waals surface area (Å²) in [7, 11) is -2.39. The Hall–Kier alpha value is -0.660. The Kier molecular flexibility index (Phi) is 4.74. The smallest absolute Gasteiger partial charge is 0.310 e. The minimum Gasteiger partial charge on any atom is -0.469 e. The van der Waals surface area contributed by atoms with Crippen molar-refractivity contribution in [2.45, 2.75) is 43.9 Å². The van der Waals surface area contributed by atoms with Gasteiger partial charge in [0.05, 0.1) is 30.4 Å². The number of hydrogen-bond acceptors (Lipinski definition) is 5. The van der Waals surface area contributed by atoms with Gasteiger partial charge in [-0.25, -0.2) is 13.1 Å². The molecule has 0 aromatic carbocycles. The predicted octanol–water partition coefficient (Wildman–Crippen LogP) is 0.0184. The Morgan fingerprint density at radius 2 is 2.06 bits per heavy atom. The fourth-order valence-electron chi connectivity index (χ4n) is 2.21. The van der Waals surface area contributed by atoms with Crippen LogP contribution < -0.4 is 4.72 Å². The number of hydrogen-bond donors (Lipinski definition) is 2. The predicted molar refractivity (Wildman–Crippen MR) is 66.4 cm³/mol. The highest BCUT2D eigenvalue weighted by Crippen LogP contribution is 2.32. The van der Waals surface area contributed by atoms with E-state index in [0.29, 0.717) is 19.3 Å². The van der Waals surface area contributed by atoms with Crippen molar-refractivity contribution in [3.05, 3.63) is 0 Å². The number of carbonyl (C=O) groups is 1. The molecule has 0 spiro atoms. The lowest BCUT2D eigenvalue weighted by atomic mass is 10.1. The zero-order chi connectivity index (χ0) is 14.0. The molecule has 0 radical (unpaired) electrons. The molecule has 0 heterocycles. The third kappa shape index (κ3) is 3.43. The minimum atomic E-state index is -3.64. The highest BCUT2D eigenvalue weighted by molar-refractivity contribution is 7.90. The molecule has 1 aliphatic rings. The number of ether oxygens (including phenoxy) is 1. The van der Waals surface area contributed by atoms with Gasteiger partial charge in [0.15, 0.2) is 0 Å². The lowest BCUT2D eigenvalue weighted by Crippen LogP contribution is -2.51. The van der Waals surface area contributed by atoms with E-state index < -0.39 is 32.7 Å². The van der Waals surface area contributed by atoms with Gasteiger partial charge in [-0.3, -0.25) is 4.79 Å². The van der Waals surface area contributed by atoms with E-state index in [-0.39, 0.29) is 6.61 Å². The van der Waals surface area contributed by atoms with Crippen molar-refractivity contribution in [2.75, 3.05) is 13.7 Å². The van der Waals surface area contributed by atoms with E-state index in [4.69, 9.17) is 5.11 Å². The van der Waals surface area contributed by atoms with Crippen molar-refractivity contribution in [3.8, 4) is 0 Å². The van der Waals surface area contributed by atoms with Crippen molar-refractivity contribution in [1.29, 1.82) is 0 Å². The first-order valence-corrected chi connectivity index (χ1v) is 7.49. The van der Waals surface area contributed by atoms with E-state index in [1.54, 1.807) is 13.8 Å². The number of carbonyl (C=O) groups excluding carboxylic acids is 1. The molecule has 0 amide bonds. The molecule has 7 heteroatoms. The summed E-state index contributed by atoms with van der Waals surface area (Å²) in [6.07, 6.45) is 1.65. The number of esters is 1.